The van der Waals surface area contributed by atoms with E-state index in [-0.39, 0.29) is 12.3 Å². The Hall–Kier alpha value is -3.87. The summed E-state index contributed by atoms with van der Waals surface area (Å²) in [5.74, 6) is -0.506. The Morgan fingerprint density at radius 2 is 1.86 bits per heavy atom. The van der Waals surface area contributed by atoms with Crippen LogP contribution in [0.5, 0.6) is 0 Å². The van der Waals surface area contributed by atoms with Gasteiger partial charge in [-0.1, -0.05) is 36.4 Å². The molecule has 2 N–H and O–H groups in total. The molecule has 29 heavy (non-hydrogen) atoms. The number of rotatable bonds is 4. The van der Waals surface area contributed by atoms with Crippen molar-refractivity contribution in [1.29, 1.82) is 0 Å². The van der Waals surface area contributed by atoms with Gasteiger partial charge in [-0.15, -0.1) is 0 Å². The van der Waals surface area contributed by atoms with E-state index in [0.29, 0.717) is 16.9 Å². The molecule has 3 heterocycles. The molecule has 0 bridgehead atoms. The Balaban J connectivity index is 1.45. The van der Waals surface area contributed by atoms with E-state index in [1.54, 1.807) is 25.3 Å². The van der Waals surface area contributed by atoms with Crippen LogP contribution in [0.15, 0.2) is 65.2 Å². The molecule has 7 heteroatoms. The molecule has 1 aliphatic rings. The van der Waals surface area contributed by atoms with Crippen LogP contribution in [0.1, 0.15) is 23.0 Å². The molecule has 0 aliphatic carbocycles. The Morgan fingerprint density at radius 3 is 2.69 bits per heavy atom. The normalized spacial score (nSPS) is 19.3. The zero-order valence-corrected chi connectivity index (χ0v) is 15.6. The first-order valence-electron chi connectivity index (χ1n) is 9.20. The first-order valence-corrected chi connectivity index (χ1v) is 9.20. The van der Waals surface area contributed by atoms with E-state index in [0.717, 1.165) is 21.2 Å². The van der Waals surface area contributed by atoms with Gasteiger partial charge in [0.25, 0.3) is 5.91 Å². The second-order valence-corrected chi connectivity index (χ2v) is 7.27. The first-order chi connectivity index (χ1) is 14.0. The molecular formula is C22H17N3O4. The van der Waals surface area contributed by atoms with Gasteiger partial charge in [-0.2, -0.15) is 0 Å². The SMILES string of the molecule is C[C@@]1(c2cc3ccccc3o2)NC(=O)N(CC(=O)c2c[nH]c3ccccc23)C1=O. The van der Waals surface area contributed by atoms with Gasteiger partial charge in [0.15, 0.2) is 11.3 Å². The van der Waals surface area contributed by atoms with Crippen LogP contribution >= 0.6 is 0 Å². The van der Waals surface area contributed by atoms with Gasteiger partial charge in [0.05, 0.1) is 6.54 Å². The summed E-state index contributed by atoms with van der Waals surface area (Å²) in [6, 6.07) is 15.9. The fourth-order valence-corrected chi connectivity index (χ4v) is 3.77. The first kappa shape index (κ1) is 17.2. The van der Waals surface area contributed by atoms with E-state index in [9.17, 15) is 14.4 Å². The molecule has 1 aliphatic heterocycles. The van der Waals surface area contributed by atoms with Crippen LogP contribution < -0.4 is 5.32 Å². The number of urea groups is 1. The number of carbonyl (C=O) groups is 3. The summed E-state index contributed by atoms with van der Waals surface area (Å²) in [6.45, 7) is 1.24. The van der Waals surface area contributed by atoms with Crippen molar-refractivity contribution in [2.45, 2.75) is 12.5 Å². The van der Waals surface area contributed by atoms with Crippen molar-refractivity contribution >= 4 is 39.6 Å². The molecule has 1 atom stereocenters. The fourth-order valence-electron chi connectivity index (χ4n) is 3.77. The number of aromatic amines is 1. The van der Waals surface area contributed by atoms with E-state index in [1.807, 2.05) is 42.5 Å². The molecule has 4 aromatic rings. The molecule has 2 aromatic carbocycles. The van der Waals surface area contributed by atoms with E-state index >= 15 is 0 Å². The average molecular weight is 387 g/mol. The lowest BCUT2D eigenvalue weighted by atomic mass is 9.98. The molecule has 0 unspecified atom stereocenters. The van der Waals surface area contributed by atoms with Gasteiger partial charge in [-0.05, 0) is 25.1 Å². The summed E-state index contributed by atoms with van der Waals surface area (Å²) in [5.41, 5.74) is 0.522. The molecule has 0 spiro atoms. The topological polar surface area (TPSA) is 95.4 Å². The second kappa shape index (κ2) is 6.07. The highest BCUT2D eigenvalue weighted by atomic mass is 16.3. The Kier molecular flexibility index (Phi) is 3.61. The molecule has 0 saturated carbocycles. The fraction of sp³-hybridized carbons (Fsp3) is 0.136. The third-order valence-corrected chi connectivity index (χ3v) is 5.38. The molecule has 2 aromatic heterocycles. The Morgan fingerprint density at radius 1 is 1.10 bits per heavy atom. The third kappa shape index (κ3) is 2.55. The van der Waals surface area contributed by atoms with E-state index in [1.165, 1.54) is 0 Å². The van der Waals surface area contributed by atoms with Crippen LogP contribution in [0, 0.1) is 0 Å². The lowest BCUT2D eigenvalue weighted by molar-refractivity contribution is -0.131. The Bertz CT molecular complexity index is 1270. The number of nitrogens with zero attached hydrogens (tertiary/aromatic N) is 1. The zero-order valence-electron chi connectivity index (χ0n) is 15.6. The van der Waals surface area contributed by atoms with Crippen LogP contribution in [0.2, 0.25) is 0 Å². The lowest BCUT2D eigenvalue weighted by Gasteiger charge is -2.18. The van der Waals surface area contributed by atoms with Crippen molar-refractivity contribution in [3.8, 4) is 0 Å². The summed E-state index contributed by atoms with van der Waals surface area (Å²) in [7, 11) is 0. The average Bonchev–Trinajstić information content (AvgIpc) is 3.40. The number of H-pyrrole nitrogens is 1. The van der Waals surface area contributed by atoms with Crippen molar-refractivity contribution < 1.29 is 18.8 Å². The molecule has 3 amide bonds. The number of hydrogen-bond acceptors (Lipinski definition) is 4. The number of imide groups is 1. The minimum absolute atomic E-state index is 0.320. The van der Waals surface area contributed by atoms with Crippen molar-refractivity contribution in [2.24, 2.45) is 0 Å². The summed E-state index contributed by atoms with van der Waals surface area (Å²) < 4.78 is 5.80. The lowest BCUT2D eigenvalue weighted by Crippen LogP contribution is -2.41. The zero-order chi connectivity index (χ0) is 20.2. The predicted octanol–water partition coefficient (Wildman–Crippen LogP) is 3.56. The van der Waals surface area contributed by atoms with Crippen LogP contribution in [0.4, 0.5) is 4.79 Å². The van der Waals surface area contributed by atoms with Gasteiger partial charge in [0.2, 0.25) is 0 Å². The van der Waals surface area contributed by atoms with Crippen LogP contribution in [0.3, 0.4) is 0 Å². The maximum atomic E-state index is 13.1. The van der Waals surface area contributed by atoms with Crippen LogP contribution in [-0.4, -0.2) is 34.2 Å². The van der Waals surface area contributed by atoms with Gasteiger partial charge in [-0.3, -0.25) is 14.5 Å². The third-order valence-electron chi connectivity index (χ3n) is 5.38. The van der Waals surface area contributed by atoms with Gasteiger partial charge >= 0.3 is 6.03 Å². The summed E-state index contributed by atoms with van der Waals surface area (Å²) in [6.07, 6.45) is 1.60. The van der Waals surface area contributed by atoms with E-state index < -0.39 is 17.5 Å². The van der Waals surface area contributed by atoms with Crippen molar-refractivity contribution in [3.05, 3.63) is 72.1 Å². The highest BCUT2D eigenvalue weighted by Crippen LogP contribution is 2.33. The van der Waals surface area contributed by atoms with Crippen molar-refractivity contribution in [1.82, 2.24) is 15.2 Å². The minimum Gasteiger partial charge on any atom is -0.458 e. The molecule has 7 nitrogen and oxygen atoms in total. The number of furan rings is 1. The molecule has 1 fully saturated rings. The quantitative estimate of drug-likeness (QED) is 0.413. The number of nitrogens with one attached hydrogen (secondary N) is 2. The summed E-state index contributed by atoms with van der Waals surface area (Å²) >= 11 is 0. The number of ketones is 1. The van der Waals surface area contributed by atoms with Gasteiger partial charge in [-0.25, -0.2) is 4.79 Å². The number of fused-ring (bicyclic) bond motifs is 2. The molecule has 144 valence electrons. The number of para-hydroxylation sites is 2. The largest absolute Gasteiger partial charge is 0.458 e. The van der Waals surface area contributed by atoms with Gasteiger partial charge in [0.1, 0.15) is 11.3 Å². The summed E-state index contributed by atoms with van der Waals surface area (Å²) in [4.78, 5) is 42.5. The van der Waals surface area contributed by atoms with Crippen molar-refractivity contribution in [2.75, 3.05) is 6.54 Å². The monoisotopic (exact) mass is 387 g/mol. The van der Waals surface area contributed by atoms with E-state index in [2.05, 4.69) is 10.3 Å². The number of benzene rings is 2. The Labute approximate surface area is 165 Å². The van der Waals surface area contributed by atoms with Gasteiger partial charge < -0.3 is 14.7 Å². The minimum atomic E-state index is -1.36. The number of Topliss-reactive ketones (excluding diaryl/α,β-unsaturated/α-hetero) is 1. The number of carbonyl (C=O) groups excluding carboxylic acids is 3. The number of aromatic nitrogens is 1. The smallest absolute Gasteiger partial charge is 0.325 e. The van der Waals surface area contributed by atoms with E-state index in [4.69, 9.17) is 4.42 Å². The standard InChI is InChI=1S/C22H17N3O4/c1-22(19-10-13-6-2-5-9-18(13)29-19)20(27)25(21(28)24-22)12-17(26)15-11-23-16-8-4-3-7-14(15)16/h2-11,23H,12H2,1H3,(H,24,28)/t22-/m0/s1. The second-order valence-electron chi connectivity index (χ2n) is 7.27. The van der Waals surface area contributed by atoms with Gasteiger partial charge in [0, 0.05) is 28.0 Å². The molecular weight excluding hydrogens is 370 g/mol. The maximum Gasteiger partial charge on any atom is 0.325 e. The molecule has 1 saturated heterocycles. The highest BCUT2D eigenvalue weighted by Gasteiger charge is 2.51. The van der Waals surface area contributed by atoms with Crippen LogP contribution in [-0.2, 0) is 10.3 Å². The molecule has 0 radical (unpaired) electrons. The number of amides is 3. The highest BCUT2D eigenvalue weighted by molar-refractivity contribution is 6.14. The molecule has 5 rings (SSSR count). The summed E-state index contributed by atoms with van der Waals surface area (Å²) in [5, 5.41) is 4.27. The number of hydrogen-bond donors (Lipinski definition) is 2. The van der Waals surface area contributed by atoms with Crippen molar-refractivity contribution in [3.63, 3.8) is 0 Å². The predicted molar refractivity (Wildman–Crippen MR) is 106 cm³/mol. The van der Waals surface area contributed by atoms with Crippen LogP contribution in [0.25, 0.3) is 21.9 Å². The maximum absolute atomic E-state index is 13.1.